The van der Waals surface area contributed by atoms with Crippen LogP contribution in [0.4, 0.5) is 4.79 Å². The lowest BCUT2D eigenvalue weighted by Gasteiger charge is -2.27. The van der Waals surface area contributed by atoms with Crippen LogP contribution in [0, 0.1) is 5.92 Å². The van der Waals surface area contributed by atoms with E-state index >= 15 is 0 Å². The molecule has 1 aliphatic heterocycles. The SMILES string of the molecule is CCCC(O)C(CC)C(=O)N1C(=O)OC[C@H]1Cc1ccccc1.NCc1ccccc1. The number of cyclic esters (lactones) is 1. The number of ether oxygens (including phenoxy) is 1. The number of rotatable bonds is 8. The normalized spacial score (nSPS) is 17.4. The summed E-state index contributed by atoms with van der Waals surface area (Å²) in [4.78, 5) is 26.0. The number of amides is 2. The maximum atomic E-state index is 12.8. The summed E-state index contributed by atoms with van der Waals surface area (Å²) in [6, 6.07) is 19.4. The van der Waals surface area contributed by atoms with Gasteiger partial charge in [-0.1, -0.05) is 80.9 Å². The Hall–Kier alpha value is -2.70. The Labute approximate surface area is 185 Å². The van der Waals surface area contributed by atoms with E-state index in [0.717, 1.165) is 12.0 Å². The number of hydrogen-bond donors (Lipinski definition) is 2. The van der Waals surface area contributed by atoms with Gasteiger partial charge in [0.1, 0.15) is 6.61 Å². The fourth-order valence-electron chi connectivity index (χ4n) is 3.67. The van der Waals surface area contributed by atoms with Gasteiger partial charge in [-0.15, -0.1) is 0 Å². The van der Waals surface area contributed by atoms with Crippen LogP contribution in [0.3, 0.4) is 0 Å². The van der Waals surface area contributed by atoms with Crippen LogP contribution in [-0.4, -0.2) is 40.8 Å². The number of benzene rings is 2. The maximum Gasteiger partial charge on any atom is 0.416 e. The number of nitrogens with zero attached hydrogens (tertiary/aromatic N) is 1. The van der Waals surface area contributed by atoms with Gasteiger partial charge in [0.15, 0.2) is 0 Å². The number of imide groups is 1. The van der Waals surface area contributed by atoms with Gasteiger partial charge in [-0.3, -0.25) is 4.79 Å². The van der Waals surface area contributed by atoms with E-state index in [9.17, 15) is 14.7 Å². The number of aliphatic hydroxyl groups is 1. The molecular formula is C25H34N2O4. The Balaban J connectivity index is 0.000000357. The zero-order valence-corrected chi connectivity index (χ0v) is 18.4. The number of hydrogen-bond acceptors (Lipinski definition) is 5. The largest absolute Gasteiger partial charge is 0.447 e. The van der Waals surface area contributed by atoms with Gasteiger partial charge in [-0.05, 0) is 30.4 Å². The second kappa shape index (κ2) is 12.9. The summed E-state index contributed by atoms with van der Waals surface area (Å²) in [6.45, 7) is 4.67. The fourth-order valence-corrected chi connectivity index (χ4v) is 3.67. The second-order valence-corrected chi connectivity index (χ2v) is 7.69. The first-order valence-electron chi connectivity index (χ1n) is 11.0. The van der Waals surface area contributed by atoms with Crippen molar-refractivity contribution in [2.24, 2.45) is 11.7 Å². The maximum absolute atomic E-state index is 12.8. The molecule has 3 rings (SSSR count). The fraction of sp³-hybridized carbons (Fsp3) is 0.440. The molecule has 0 spiro atoms. The molecule has 0 aromatic heterocycles. The Bertz CT molecular complexity index is 798. The van der Waals surface area contributed by atoms with Gasteiger partial charge < -0.3 is 15.6 Å². The molecule has 168 valence electrons. The molecule has 0 bridgehead atoms. The Morgan fingerprint density at radius 1 is 1.10 bits per heavy atom. The smallest absolute Gasteiger partial charge is 0.416 e. The Kier molecular flexibility index (Phi) is 10.2. The topological polar surface area (TPSA) is 92.9 Å². The third-order valence-electron chi connectivity index (χ3n) is 5.40. The quantitative estimate of drug-likeness (QED) is 0.668. The van der Waals surface area contributed by atoms with Crippen molar-refractivity contribution in [3.8, 4) is 0 Å². The van der Waals surface area contributed by atoms with E-state index in [1.807, 2.05) is 74.5 Å². The third kappa shape index (κ3) is 7.19. The van der Waals surface area contributed by atoms with Crippen LogP contribution in [0.15, 0.2) is 60.7 Å². The molecule has 6 heteroatoms. The lowest BCUT2D eigenvalue weighted by atomic mass is 9.93. The summed E-state index contributed by atoms with van der Waals surface area (Å²) in [5, 5.41) is 10.2. The molecule has 1 saturated heterocycles. The highest BCUT2D eigenvalue weighted by Crippen LogP contribution is 2.24. The lowest BCUT2D eigenvalue weighted by Crippen LogP contribution is -2.46. The molecule has 3 N–H and O–H groups in total. The van der Waals surface area contributed by atoms with E-state index < -0.39 is 18.1 Å². The van der Waals surface area contributed by atoms with E-state index in [1.54, 1.807) is 0 Å². The summed E-state index contributed by atoms with van der Waals surface area (Å²) >= 11 is 0. The number of carbonyl (C=O) groups excluding carboxylic acids is 2. The van der Waals surface area contributed by atoms with Gasteiger partial charge in [-0.25, -0.2) is 9.69 Å². The van der Waals surface area contributed by atoms with E-state index in [2.05, 4.69) is 0 Å². The highest BCUT2D eigenvalue weighted by molar-refractivity contribution is 5.95. The molecule has 2 aromatic rings. The van der Waals surface area contributed by atoms with Crippen molar-refractivity contribution in [2.75, 3.05) is 6.61 Å². The Morgan fingerprint density at radius 3 is 2.16 bits per heavy atom. The molecule has 6 nitrogen and oxygen atoms in total. The summed E-state index contributed by atoms with van der Waals surface area (Å²) in [6.07, 6.45) is 1.10. The van der Waals surface area contributed by atoms with E-state index in [1.165, 1.54) is 10.5 Å². The zero-order valence-electron chi connectivity index (χ0n) is 18.4. The molecule has 1 aliphatic rings. The van der Waals surface area contributed by atoms with Crippen LogP contribution in [0.25, 0.3) is 0 Å². The van der Waals surface area contributed by atoms with Crippen LogP contribution >= 0.6 is 0 Å². The molecule has 2 aromatic carbocycles. The van der Waals surface area contributed by atoms with Crippen LogP contribution in [-0.2, 0) is 22.5 Å². The summed E-state index contributed by atoms with van der Waals surface area (Å²) in [5.41, 5.74) is 7.59. The van der Waals surface area contributed by atoms with Crippen molar-refractivity contribution < 1.29 is 19.4 Å². The first-order chi connectivity index (χ1) is 15.0. The summed E-state index contributed by atoms with van der Waals surface area (Å²) in [5.74, 6) is -0.879. The molecule has 1 heterocycles. The van der Waals surface area contributed by atoms with E-state index in [-0.39, 0.29) is 18.6 Å². The average molecular weight is 427 g/mol. The van der Waals surface area contributed by atoms with Crippen molar-refractivity contribution >= 4 is 12.0 Å². The first kappa shape index (κ1) is 24.6. The van der Waals surface area contributed by atoms with Gasteiger partial charge in [0.05, 0.1) is 18.1 Å². The molecule has 1 fully saturated rings. The van der Waals surface area contributed by atoms with Crippen LogP contribution in [0.1, 0.15) is 44.2 Å². The van der Waals surface area contributed by atoms with E-state index in [4.69, 9.17) is 10.5 Å². The second-order valence-electron chi connectivity index (χ2n) is 7.69. The Morgan fingerprint density at radius 2 is 1.68 bits per heavy atom. The predicted molar refractivity (Wildman–Crippen MR) is 121 cm³/mol. The predicted octanol–water partition coefficient (Wildman–Crippen LogP) is 3.91. The highest BCUT2D eigenvalue weighted by Gasteiger charge is 2.41. The molecule has 0 saturated carbocycles. The molecular weight excluding hydrogens is 392 g/mol. The van der Waals surface area contributed by atoms with E-state index in [0.29, 0.717) is 25.8 Å². The third-order valence-corrected chi connectivity index (χ3v) is 5.40. The number of nitrogens with two attached hydrogens (primary N) is 1. The molecule has 2 amide bonds. The zero-order chi connectivity index (χ0) is 22.6. The molecule has 3 atom stereocenters. The minimum Gasteiger partial charge on any atom is -0.447 e. The summed E-state index contributed by atoms with van der Waals surface area (Å²) in [7, 11) is 0. The van der Waals surface area contributed by atoms with Gasteiger partial charge >= 0.3 is 6.09 Å². The number of carbonyl (C=O) groups is 2. The van der Waals surface area contributed by atoms with Gasteiger partial charge in [0, 0.05) is 6.54 Å². The standard InChI is InChI=1S/C18H25NO4.C7H9N/c1-3-8-16(20)15(4-2)17(21)19-14(12-23-18(19)22)11-13-9-6-5-7-10-13;8-6-7-4-2-1-3-5-7/h5-7,9-10,14-16,20H,3-4,8,11-12H2,1-2H3;1-5H,6,8H2/t14-,15?,16?;/m1./s1. The van der Waals surface area contributed by atoms with Crippen molar-refractivity contribution in [3.63, 3.8) is 0 Å². The minimum absolute atomic E-state index is 0.208. The average Bonchev–Trinajstić information content (AvgIpc) is 3.16. The van der Waals surface area contributed by atoms with Crippen LogP contribution in [0.5, 0.6) is 0 Å². The molecule has 31 heavy (non-hydrogen) atoms. The van der Waals surface area contributed by atoms with Gasteiger partial charge in [0.2, 0.25) is 5.91 Å². The highest BCUT2D eigenvalue weighted by atomic mass is 16.6. The molecule has 2 unspecified atom stereocenters. The monoisotopic (exact) mass is 426 g/mol. The van der Waals surface area contributed by atoms with Crippen molar-refractivity contribution in [3.05, 3.63) is 71.8 Å². The molecule has 0 radical (unpaired) electrons. The van der Waals surface area contributed by atoms with Gasteiger partial charge in [-0.2, -0.15) is 0 Å². The van der Waals surface area contributed by atoms with Crippen molar-refractivity contribution in [2.45, 2.75) is 58.2 Å². The van der Waals surface area contributed by atoms with Crippen molar-refractivity contribution in [1.82, 2.24) is 4.90 Å². The minimum atomic E-state index is -0.719. The number of aliphatic hydroxyl groups excluding tert-OH is 1. The first-order valence-corrected chi connectivity index (χ1v) is 11.0. The lowest BCUT2D eigenvalue weighted by molar-refractivity contribution is -0.137. The summed E-state index contributed by atoms with van der Waals surface area (Å²) < 4.78 is 5.09. The van der Waals surface area contributed by atoms with Crippen LogP contribution < -0.4 is 5.73 Å². The van der Waals surface area contributed by atoms with Gasteiger partial charge in [0.25, 0.3) is 0 Å². The van der Waals surface area contributed by atoms with Crippen LogP contribution in [0.2, 0.25) is 0 Å². The molecule has 0 aliphatic carbocycles. The van der Waals surface area contributed by atoms with Crippen molar-refractivity contribution in [1.29, 1.82) is 0 Å².